The summed E-state index contributed by atoms with van der Waals surface area (Å²) in [6.45, 7) is 1.29. The van der Waals surface area contributed by atoms with Crippen LogP contribution >= 0.6 is 0 Å². The molecule has 19 heavy (non-hydrogen) atoms. The molecular formula is C15H21FN2O. The molecule has 0 amide bonds. The second-order valence-electron chi connectivity index (χ2n) is 5.54. The first-order valence-electron chi connectivity index (χ1n) is 7.18. The molecule has 0 aromatic heterocycles. The van der Waals surface area contributed by atoms with Gasteiger partial charge in [0.1, 0.15) is 5.82 Å². The van der Waals surface area contributed by atoms with Crippen LogP contribution in [-0.4, -0.2) is 30.3 Å². The highest BCUT2D eigenvalue weighted by molar-refractivity contribution is 5.56. The number of nitrogens with one attached hydrogen (secondary N) is 1. The molecule has 2 fully saturated rings. The summed E-state index contributed by atoms with van der Waals surface area (Å²) in [5.74, 6) is -0.144. The van der Waals surface area contributed by atoms with Crippen molar-refractivity contribution in [2.45, 2.75) is 44.3 Å². The predicted octanol–water partition coefficient (Wildman–Crippen LogP) is 2.04. The molecule has 1 aromatic rings. The zero-order valence-corrected chi connectivity index (χ0v) is 11.1. The first-order valence-corrected chi connectivity index (χ1v) is 7.18. The van der Waals surface area contributed by atoms with E-state index in [1.165, 1.54) is 18.9 Å². The summed E-state index contributed by atoms with van der Waals surface area (Å²) in [6.07, 6.45) is 4.69. The average Bonchev–Trinajstić information content (AvgIpc) is 3.28. The lowest BCUT2D eigenvalue weighted by Gasteiger charge is -2.26. The van der Waals surface area contributed by atoms with Gasteiger partial charge in [0, 0.05) is 36.4 Å². The van der Waals surface area contributed by atoms with Crippen LogP contribution in [0.4, 0.5) is 10.1 Å². The van der Waals surface area contributed by atoms with E-state index in [4.69, 9.17) is 0 Å². The quantitative estimate of drug-likeness (QED) is 0.791. The lowest BCUT2D eigenvalue weighted by Crippen LogP contribution is -2.31. The minimum Gasteiger partial charge on any atom is -0.395 e. The molecule has 0 saturated heterocycles. The van der Waals surface area contributed by atoms with Crippen molar-refractivity contribution in [3.63, 3.8) is 0 Å². The molecule has 0 spiro atoms. The van der Waals surface area contributed by atoms with Gasteiger partial charge < -0.3 is 15.3 Å². The van der Waals surface area contributed by atoms with E-state index in [0.717, 1.165) is 24.1 Å². The van der Waals surface area contributed by atoms with E-state index < -0.39 is 0 Å². The van der Waals surface area contributed by atoms with Crippen molar-refractivity contribution in [2.75, 3.05) is 18.1 Å². The highest BCUT2D eigenvalue weighted by Crippen LogP contribution is 2.34. The summed E-state index contributed by atoms with van der Waals surface area (Å²) >= 11 is 0. The zero-order chi connectivity index (χ0) is 13.2. The van der Waals surface area contributed by atoms with Crippen LogP contribution in [0, 0.1) is 5.82 Å². The van der Waals surface area contributed by atoms with Crippen LogP contribution in [0.3, 0.4) is 0 Å². The maximum absolute atomic E-state index is 14.1. The molecule has 2 aliphatic rings. The van der Waals surface area contributed by atoms with Gasteiger partial charge in [-0.25, -0.2) is 4.39 Å². The summed E-state index contributed by atoms with van der Waals surface area (Å²) in [6, 6.07) is 6.31. The van der Waals surface area contributed by atoms with Crippen LogP contribution in [0.5, 0.6) is 0 Å². The third kappa shape index (κ3) is 3.07. The van der Waals surface area contributed by atoms with E-state index in [9.17, 15) is 9.50 Å². The summed E-state index contributed by atoms with van der Waals surface area (Å²) in [5, 5.41) is 12.6. The summed E-state index contributed by atoms with van der Waals surface area (Å²) in [5.41, 5.74) is 1.69. The fourth-order valence-corrected chi connectivity index (χ4v) is 2.52. The maximum atomic E-state index is 14.1. The van der Waals surface area contributed by atoms with Gasteiger partial charge in [-0.1, -0.05) is 6.07 Å². The largest absolute Gasteiger partial charge is 0.395 e. The number of rotatable bonds is 7. The molecule has 1 aromatic carbocycles. The second-order valence-corrected chi connectivity index (χ2v) is 5.54. The van der Waals surface area contributed by atoms with Gasteiger partial charge in [-0.3, -0.25) is 0 Å². The molecule has 104 valence electrons. The number of hydrogen-bond acceptors (Lipinski definition) is 3. The number of aliphatic hydroxyl groups is 1. The van der Waals surface area contributed by atoms with Crippen LogP contribution in [0.2, 0.25) is 0 Å². The Morgan fingerprint density at radius 3 is 2.68 bits per heavy atom. The minimum atomic E-state index is -0.144. The van der Waals surface area contributed by atoms with E-state index in [1.807, 2.05) is 6.07 Å². The van der Waals surface area contributed by atoms with Gasteiger partial charge in [0.2, 0.25) is 0 Å². The fraction of sp³-hybridized carbons (Fsp3) is 0.600. The van der Waals surface area contributed by atoms with E-state index in [2.05, 4.69) is 10.2 Å². The smallest absolute Gasteiger partial charge is 0.129 e. The molecular weight excluding hydrogens is 243 g/mol. The van der Waals surface area contributed by atoms with E-state index in [-0.39, 0.29) is 12.4 Å². The van der Waals surface area contributed by atoms with Crippen LogP contribution in [0.1, 0.15) is 31.2 Å². The predicted molar refractivity (Wildman–Crippen MR) is 73.7 cm³/mol. The molecule has 2 aliphatic carbocycles. The van der Waals surface area contributed by atoms with Gasteiger partial charge in [0.25, 0.3) is 0 Å². The third-order valence-corrected chi connectivity index (χ3v) is 3.88. The van der Waals surface area contributed by atoms with E-state index >= 15 is 0 Å². The Hall–Kier alpha value is -1.13. The molecule has 0 aliphatic heterocycles. The number of anilines is 1. The molecule has 0 unspecified atom stereocenters. The molecule has 0 heterocycles. The second kappa shape index (κ2) is 5.47. The van der Waals surface area contributed by atoms with Crippen molar-refractivity contribution in [3.8, 4) is 0 Å². The van der Waals surface area contributed by atoms with Crippen molar-refractivity contribution in [1.29, 1.82) is 0 Å². The van der Waals surface area contributed by atoms with Crippen LogP contribution in [0.15, 0.2) is 18.2 Å². The molecule has 3 rings (SSSR count). The molecule has 2 saturated carbocycles. The number of nitrogens with zero attached hydrogens (tertiary/aromatic N) is 1. The first-order chi connectivity index (χ1) is 9.29. The zero-order valence-electron chi connectivity index (χ0n) is 11.1. The Morgan fingerprint density at radius 1 is 1.26 bits per heavy atom. The molecule has 0 bridgehead atoms. The fourth-order valence-electron chi connectivity index (χ4n) is 2.52. The van der Waals surface area contributed by atoms with Gasteiger partial charge in [-0.15, -0.1) is 0 Å². The normalized spacial score (nSPS) is 18.6. The Balaban J connectivity index is 1.82. The Morgan fingerprint density at radius 2 is 2.05 bits per heavy atom. The number of hydrogen-bond donors (Lipinski definition) is 2. The van der Waals surface area contributed by atoms with E-state index in [0.29, 0.717) is 25.2 Å². The Bertz CT molecular complexity index is 444. The van der Waals surface area contributed by atoms with Crippen LogP contribution in [-0.2, 0) is 6.54 Å². The van der Waals surface area contributed by atoms with Gasteiger partial charge in [-0.2, -0.15) is 0 Å². The molecule has 3 nitrogen and oxygen atoms in total. The molecule has 0 atom stereocenters. The lowest BCUT2D eigenvalue weighted by molar-refractivity contribution is 0.301. The topological polar surface area (TPSA) is 35.5 Å². The monoisotopic (exact) mass is 264 g/mol. The van der Waals surface area contributed by atoms with Gasteiger partial charge in [0.15, 0.2) is 0 Å². The Kier molecular flexibility index (Phi) is 3.71. The van der Waals surface area contributed by atoms with Crippen molar-refractivity contribution in [2.24, 2.45) is 0 Å². The number of benzene rings is 1. The van der Waals surface area contributed by atoms with Crippen molar-refractivity contribution < 1.29 is 9.50 Å². The molecule has 2 N–H and O–H groups in total. The highest BCUT2D eigenvalue weighted by Gasteiger charge is 2.31. The van der Waals surface area contributed by atoms with Gasteiger partial charge >= 0.3 is 0 Å². The summed E-state index contributed by atoms with van der Waals surface area (Å²) in [4.78, 5) is 2.16. The first kappa shape index (κ1) is 12.9. The Labute approximate surface area is 113 Å². The lowest BCUT2D eigenvalue weighted by atomic mass is 10.1. The van der Waals surface area contributed by atoms with Gasteiger partial charge in [-0.05, 0) is 37.8 Å². The van der Waals surface area contributed by atoms with Crippen LogP contribution in [0.25, 0.3) is 0 Å². The van der Waals surface area contributed by atoms with Crippen molar-refractivity contribution >= 4 is 5.69 Å². The minimum absolute atomic E-state index is 0.114. The van der Waals surface area contributed by atoms with Crippen molar-refractivity contribution in [3.05, 3.63) is 29.6 Å². The molecule has 4 heteroatoms. The third-order valence-electron chi connectivity index (χ3n) is 3.88. The van der Waals surface area contributed by atoms with Crippen LogP contribution < -0.4 is 10.2 Å². The highest BCUT2D eigenvalue weighted by atomic mass is 19.1. The number of aliphatic hydroxyl groups excluding tert-OH is 1. The van der Waals surface area contributed by atoms with Gasteiger partial charge in [0.05, 0.1) is 6.61 Å². The SMILES string of the molecule is OCCN(c1cccc(F)c1CNC1CC1)C1CC1. The maximum Gasteiger partial charge on any atom is 0.129 e. The van der Waals surface area contributed by atoms with E-state index in [1.54, 1.807) is 6.07 Å². The molecule has 0 radical (unpaired) electrons. The summed E-state index contributed by atoms with van der Waals surface area (Å²) in [7, 11) is 0. The standard InChI is InChI=1S/C15H21FN2O/c16-14-2-1-3-15(13(14)10-17-11-4-5-11)18(8-9-19)12-6-7-12/h1-3,11-12,17,19H,4-10H2. The number of halogens is 1. The average molecular weight is 264 g/mol. The van der Waals surface area contributed by atoms with Crippen molar-refractivity contribution in [1.82, 2.24) is 5.32 Å². The summed E-state index contributed by atoms with van der Waals surface area (Å²) < 4.78 is 14.1.